The van der Waals surface area contributed by atoms with E-state index in [2.05, 4.69) is 43.5 Å². The minimum Gasteiger partial charge on any atom is -0.481 e. The van der Waals surface area contributed by atoms with E-state index in [-0.39, 0.29) is 36.8 Å². The first kappa shape index (κ1) is 26.3. The number of rotatable bonds is 10. The Balaban J connectivity index is 1.61. The molecular formula is C28H36N2O5. The first-order valence-electron chi connectivity index (χ1n) is 12.2. The zero-order chi connectivity index (χ0) is 25.6. The monoisotopic (exact) mass is 480 g/mol. The number of amides is 2. The van der Waals surface area contributed by atoms with Gasteiger partial charge in [-0.3, -0.25) is 9.59 Å². The van der Waals surface area contributed by atoms with Crippen molar-refractivity contribution in [3.63, 3.8) is 0 Å². The van der Waals surface area contributed by atoms with Crippen LogP contribution in [0.1, 0.15) is 70.4 Å². The zero-order valence-corrected chi connectivity index (χ0v) is 21.0. The van der Waals surface area contributed by atoms with E-state index in [0.717, 1.165) is 35.1 Å². The Morgan fingerprint density at radius 1 is 0.943 bits per heavy atom. The fourth-order valence-electron chi connectivity index (χ4n) is 4.38. The van der Waals surface area contributed by atoms with Crippen LogP contribution in [0.25, 0.3) is 11.1 Å². The predicted octanol–water partition coefficient (Wildman–Crippen LogP) is 5.09. The Kier molecular flexibility index (Phi) is 8.54. The molecule has 2 unspecified atom stereocenters. The van der Waals surface area contributed by atoms with Gasteiger partial charge in [0, 0.05) is 18.4 Å². The van der Waals surface area contributed by atoms with Crippen LogP contribution in [0.3, 0.4) is 0 Å². The number of nitrogens with one attached hydrogen (secondary N) is 2. The second-order valence-corrected chi connectivity index (χ2v) is 10.5. The van der Waals surface area contributed by atoms with E-state index in [0.29, 0.717) is 0 Å². The molecule has 0 saturated carbocycles. The number of carbonyl (C=O) groups excluding carboxylic acids is 2. The molecule has 2 amide bonds. The first-order valence-corrected chi connectivity index (χ1v) is 12.2. The smallest absolute Gasteiger partial charge is 0.407 e. The summed E-state index contributed by atoms with van der Waals surface area (Å²) in [5.74, 6) is -1.53. The Bertz CT molecular complexity index is 1010. The van der Waals surface area contributed by atoms with E-state index in [1.165, 1.54) is 0 Å². The molecule has 7 heteroatoms. The molecule has 35 heavy (non-hydrogen) atoms. The highest BCUT2D eigenvalue weighted by molar-refractivity contribution is 5.86. The fraction of sp³-hybridized carbons (Fsp3) is 0.464. The standard InChI is InChI=1S/C28H36N2O5/c1-18(15-16-28(2,3)4)29-26(33)24(13-14-25(31)32)30-27(34)35-17-23-21-11-7-5-9-19(21)20-10-6-8-12-22(20)23/h5-12,18,23-24H,13-17H2,1-4H3,(H,29,33)(H,30,34)(H,31,32). The van der Waals surface area contributed by atoms with Crippen LogP contribution in [0.2, 0.25) is 0 Å². The molecule has 0 aliphatic heterocycles. The lowest BCUT2D eigenvalue weighted by Gasteiger charge is -2.24. The molecule has 0 aromatic heterocycles. The number of fused-ring (bicyclic) bond motifs is 3. The largest absolute Gasteiger partial charge is 0.481 e. The van der Waals surface area contributed by atoms with E-state index >= 15 is 0 Å². The van der Waals surface area contributed by atoms with Crippen molar-refractivity contribution in [3.05, 3.63) is 59.7 Å². The number of alkyl carbamates (subject to hydrolysis) is 1. The van der Waals surface area contributed by atoms with E-state index < -0.39 is 24.0 Å². The van der Waals surface area contributed by atoms with Crippen LogP contribution in [-0.4, -0.2) is 41.8 Å². The van der Waals surface area contributed by atoms with Crippen LogP contribution >= 0.6 is 0 Å². The number of hydrogen-bond donors (Lipinski definition) is 3. The summed E-state index contributed by atoms with van der Waals surface area (Å²) < 4.78 is 5.55. The highest BCUT2D eigenvalue weighted by Gasteiger charge is 2.30. The van der Waals surface area contributed by atoms with Gasteiger partial charge < -0.3 is 20.5 Å². The molecule has 7 nitrogen and oxygen atoms in total. The predicted molar refractivity (Wildman–Crippen MR) is 135 cm³/mol. The minimum atomic E-state index is -1.03. The van der Waals surface area contributed by atoms with Gasteiger partial charge in [0.1, 0.15) is 12.6 Å². The van der Waals surface area contributed by atoms with Crippen LogP contribution in [0.4, 0.5) is 4.79 Å². The van der Waals surface area contributed by atoms with Crippen molar-refractivity contribution < 1.29 is 24.2 Å². The van der Waals surface area contributed by atoms with Gasteiger partial charge in [-0.1, -0.05) is 69.3 Å². The number of carboxylic acids is 1. The van der Waals surface area contributed by atoms with Gasteiger partial charge in [-0.25, -0.2) is 4.79 Å². The Hall–Kier alpha value is -3.35. The minimum absolute atomic E-state index is 0.0165. The highest BCUT2D eigenvalue weighted by atomic mass is 16.5. The Labute approximate surface area is 207 Å². The number of benzene rings is 2. The van der Waals surface area contributed by atoms with Gasteiger partial charge in [-0.05, 0) is 53.9 Å². The summed E-state index contributed by atoms with van der Waals surface area (Å²) in [7, 11) is 0. The van der Waals surface area contributed by atoms with E-state index in [4.69, 9.17) is 9.84 Å². The molecular weight excluding hydrogens is 444 g/mol. The van der Waals surface area contributed by atoms with Crippen molar-refractivity contribution in [1.82, 2.24) is 10.6 Å². The topological polar surface area (TPSA) is 105 Å². The van der Waals surface area contributed by atoms with Crippen molar-refractivity contribution >= 4 is 18.0 Å². The van der Waals surface area contributed by atoms with Crippen LogP contribution in [0.5, 0.6) is 0 Å². The summed E-state index contributed by atoms with van der Waals surface area (Å²) >= 11 is 0. The molecule has 2 atom stereocenters. The molecule has 0 fully saturated rings. The molecule has 3 N–H and O–H groups in total. The highest BCUT2D eigenvalue weighted by Crippen LogP contribution is 2.44. The van der Waals surface area contributed by atoms with Crippen molar-refractivity contribution in [1.29, 1.82) is 0 Å². The van der Waals surface area contributed by atoms with Gasteiger partial charge in [-0.15, -0.1) is 0 Å². The maximum absolute atomic E-state index is 12.8. The third kappa shape index (κ3) is 7.31. The Morgan fingerprint density at radius 3 is 2.06 bits per heavy atom. The molecule has 1 aliphatic rings. The van der Waals surface area contributed by atoms with Crippen molar-refractivity contribution in [2.75, 3.05) is 6.61 Å². The lowest BCUT2D eigenvalue weighted by atomic mass is 9.89. The summed E-state index contributed by atoms with van der Waals surface area (Å²) in [6.45, 7) is 8.43. The van der Waals surface area contributed by atoms with Crippen LogP contribution < -0.4 is 10.6 Å². The number of hydrogen-bond acceptors (Lipinski definition) is 4. The average Bonchev–Trinajstić information content (AvgIpc) is 3.12. The summed E-state index contributed by atoms with van der Waals surface area (Å²) in [5.41, 5.74) is 4.57. The van der Waals surface area contributed by atoms with Crippen LogP contribution in [-0.2, 0) is 14.3 Å². The van der Waals surface area contributed by atoms with E-state index in [1.807, 2.05) is 43.3 Å². The molecule has 3 rings (SSSR count). The van der Waals surface area contributed by atoms with Crippen molar-refractivity contribution in [2.45, 2.75) is 71.4 Å². The van der Waals surface area contributed by atoms with Gasteiger partial charge in [0.15, 0.2) is 0 Å². The van der Waals surface area contributed by atoms with Crippen molar-refractivity contribution in [3.8, 4) is 11.1 Å². The lowest BCUT2D eigenvalue weighted by molar-refractivity contribution is -0.137. The Morgan fingerprint density at radius 2 is 1.51 bits per heavy atom. The summed E-state index contributed by atoms with van der Waals surface area (Å²) in [5, 5.41) is 14.6. The van der Waals surface area contributed by atoms with E-state index in [9.17, 15) is 14.4 Å². The first-order chi connectivity index (χ1) is 16.5. The van der Waals surface area contributed by atoms with Gasteiger partial charge in [0.25, 0.3) is 0 Å². The second kappa shape index (κ2) is 11.4. The molecule has 0 spiro atoms. The number of carboxylic acid groups (broad SMARTS) is 1. The van der Waals surface area contributed by atoms with Gasteiger partial charge in [0.05, 0.1) is 0 Å². The van der Waals surface area contributed by atoms with Gasteiger partial charge in [0.2, 0.25) is 5.91 Å². The zero-order valence-electron chi connectivity index (χ0n) is 21.0. The third-order valence-electron chi connectivity index (χ3n) is 6.32. The van der Waals surface area contributed by atoms with Crippen LogP contribution in [0.15, 0.2) is 48.5 Å². The van der Waals surface area contributed by atoms with Crippen LogP contribution in [0, 0.1) is 5.41 Å². The molecule has 2 aromatic rings. The molecule has 1 aliphatic carbocycles. The number of ether oxygens (including phenoxy) is 1. The number of carbonyl (C=O) groups is 3. The molecule has 2 aromatic carbocycles. The molecule has 0 saturated heterocycles. The third-order valence-corrected chi connectivity index (χ3v) is 6.32. The normalized spacial score (nSPS) is 14.4. The molecule has 0 bridgehead atoms. The lowest BCUT2D eigenvalue weighted by Crippen LogP contribution is -2.49. The summed E-state index contributed by atoms with van der Waals surface area (Å²) in [6, 6.07) is 15.0. The maximum Gasteiger partial charge on any atom is 0.407 e. The second-order valence-electron chi connectivity index (χ2n) is 10.5. The summed E-state index contributed by atoms with van der Waals surface area (Å²) in [4.78, 5) is 36.6. The van der Waals surface area contributed by atoms with Gasteiger partial charge in [-0.2, -0.15) is 0 Å². The molecule has 0 heterocycles. The van der Waals surface area contributed by atoms with Crippen molar-refractivity contribution in [2.24, 2.45) is 5.41 Å². The number of aliphatic carboxylic acids is 1. The molecule has 188 valence electrons. The fourth-order valence-corrected chi connectivity index (χ4v) is 4.38. The maximum atomic E-state index is 12.8. The summed E-state index contributed by atoms with van der Waals surface area (Å²) in [6.07, 6.45) is 0.717. The average molecular weight is 481 g/mol. The quantitative estimate of drug-likeness (QED) is 0.439. The molecule has 0 radical (unpaired) electrons. The van der Waals surface area contributed by atoms with Gasteiger partial charge >= 0.3 is 12.1 Å². The SMILES string of the molecule is CC(CCC(C)(C)C)NC(=O)C(CCC(=O)O)NC(=O)OCC1c2ccccc2-c2ccccc21. The van der Waals surface area contributed by atoms with E-state index in [1.54, 1.807) is 0 Å².